The summed E-state index contributed by atoms with van der Waals surface area (Å²) < 4.78 is 0. The Labute approximate surface area is 86.6 Å². The van der Waals surface area contributed by atoms with E-state index in [4.69, 9.17) is 5.73 Å². The molecule has 4 heteroatoms. The first kappa shape index (κ1) is 9.02. The molecule has 2 aromatic heterocycles. The number of nitrogens with two attached hydrogens (primary N) is 1. The molecule has 0 amide bonds. The lowest BCUT2D eigenvalue weighted by molar-refractivity contribution is 1.27. The van der Waals surface area contributed by atoms with Crippen molar-refractivity contribution >= 4 is 27.8 Å². The number of pyridine rings is 1. The number of thiophene rings is 1. The molecular weight excluding hydrogens is 194 g/mol. The highest BCUT2D eigenvalue weighted by Gasteiger charge is 2.00. The standard InChI is InChI=1S/C10H11N3S/c1-7-5-8(11)6-12-10(7)13-9-3-2-4-14-9/h2-6H,11H2,1H3,(H,12,13). The van der Waals surface area contributed by atoms with E-state index >= 15 is 0 Å². The van der Waals surface area contributed by atoms with Crippen LogP contribution in [0.5, 0.6) is 0 Å². The van der Waals surface area contributed by atoms with E-state index in [9.17, 15) is 0 Å². The van der Waals surface area contributed by atoms with Crippen molar-refractivity contribution in [1.29, 1.82) is 0 Å². The summed E-state index contributed by atoms with van der Waals surface area (Å²) in [6, 6.07) is 5.92. The number of nitrogen functional groups attached to an aromatic ring is 1. The quantitative estimate of drug-likeness (QED) is 0.792. The number of hydrogen-bond donors (Lipinski definition) is 2. The molecule has 0 aliphatic carbocycles. The topological polar surface area (TPSA) is 50.9 Å². The fourth-order valence-corrected chi connectivity index (χ4v) is 1.81. The number of anilines is 3. The van der Waals surface area contributed by atoms with E-state index in [0.29, 0.717) is 5.69 Å². The lowest BCUT2D eigenvalue weighted by Gasteiger charge is -2.06. The predicted molar refractivity (Wildman–Crippen MR) is 61.0 cm³/mol. The van der Waals surface area contributed by atoms with Gasteiger partial charge in [-0.15, -0.1) is 11.3 Å². The van der Waals surface area contributed by atoms with E-state index in [1.165, 1.54) is 0 Å². The highest BCUT2D eigenvalue weighted by Crippen LogP contribution is 2.22. The molecule has 0 unspecified atom stereocenters. The minimum Gasteiger partial charge on any atom is -0.397 e. The van der Waals surface area contributed by atoms with Crippen LogP contribution in [0.3, 0.4) is 0 Å². The highest BCUT2D eigenvalue weighted by molar-refractivity contribution is 7.14. The molecule has 0 aliphatic heterocycles. The van der Waals surface area contributed by atoms with Gasteiger partial charge in [0.05, 0.1) is 16.9 Å². The summed E-state index contributed by atoms with van der Waals surface area (Å²) in [7, 11) is 0. The molecule has 3 nitrogen and oxygen atoms in total. The van der Waals surface area contributed by atoms with Gasteiger partial charge < -0.3 is 11.1 Å². The summed E-state index contributed by atoms with van der Waals surface area (Å²) in [6.07, 6.45) is 1.66. The van der Waals surface area contributed by atoms with Gasteiger partial charge in [-0.2, -0.15) is 0 Å². The minimum absolute atomic E-state index is 0.694. The Morgan fingerprint density at radius 1 is 1.50 bits per heavy atom. The van der Waals surface area contributed by atoms with Gasteiger partial charge in [0, 0.05) is 0 Å². The maximum atomic E-state index is 5.61. The third-order valence-corrected chi connectivity index (χ3v) is 2.65. The molecule has 72 valence electrons. The second kappa shape index (κ2) is 3.67. The summed E-state index contributed by atoms with van der Waals surface area (Å²) in [5.74, 6) is 0.863. The third kappa shape index (κ3) is 1.85. The maximum absolute atomic E-state index is 5.61. The Kier molecular flexibility index (Phi) is 2.37. The van der Waals surface area contributed by atoms with Gasteiger partial charge in [-0.05, 0) is 36.1 Å². The number of hydrogen-bond acceptors (Lipinski definition) is 4. The van der Waals surface area contributed by atoms with Crippen LogP contribution >= 0.6 is 11.3 Å². The lowest BCUT2D eigenvalue weighted by atomic mass is 10.2. The van der Waals surface area contributed by atoms with Gasteiger partial charge in [0.15, 0.2) is 0 Å². The number of aromatic nitrogens is 1. The van der Waals surface area contributed by atoms with E-state index < -0.39 is 0 Å². The van der Waals surface area contributed by atoms with E-state index in [2.05, 4.69) is 10.3 Å². The first-order chi connectivity index (χ1) is 6.75. The van der Waals surface area contributed by atoms with E-state index in [0.717, 1.165) is 16.4 Å². The Morgan fingerprint density at radius 3 is 3.00 bits per heavy atom. The van der Waals surface area contributed by atoms with Crippen LogP contribution in [0, 0.1) is 6.92 Å². The Balaban J connectivity index is 2.25. The molecule has 2 aromatic rings. The van der Waals surface area contributed by atoms with Gasteiger partial charge in [0.2, 0.25) is 0 Å². The van der Waals surface area contributed by atoms with Crippen LogP contribution in [0.25, 0.3) is 0 Å². The zero-order valence-electron chi connectivity index (χ0n) is 7.82. The third-order valence-electron chi connectivity index (χ3n) is 1.86. The van der Waals surface area contributed by atoms with Crippen molar-refractivity contribution in [2.24, 2.45) is 0 Å². The number of rotatable bonds is 2. The molecule has 0 aromatic carbocycles. The molecule has 3 N–H and O–H groups in total. The summed E-state index contributed by atoms with van der Waals surface area (Å²) in [5.41, 5.74) is 7.36. The fourth-order valence-electron chi connectivity index (χ4n) is 1.19. The van der Waals surface area contributed by atoms with Crippen molar-refractivity contribution in [2.45, 2.75) is 6.92 Å². The van der Waals surface area contributed by atoms with E-state index in [-0.39, 0.29) is 0 Å². The Hall–Kier alpha value is -1.55. The number of aryl methyl sites for hydroxylation is 1. The molecule has 0 spiro atoms. The summed E-state index contributed by atoms with van der Waals surface area (Å²) in [5, 5.41) is 6.34. The zero-order valence-corrected chi connectivity index (χ0v) is 8.64. The SMILES string of the molecule is Cc1cc(N)cnc1Nc1cccs1. The smallest absolute Gasteiger partial charge is 0.133 e. The van der Waals surface area contributed by atoms with Crippen LogP contribution in [0.4, 0.5) is 16.5 Å². The van der Waals surface area contributed by atoms with Crippen molar-refractivity contribution < 1.29 is 0 Å². The van der Waals surface area contributed by atoms with Crippen molar-refractivity contribution in [2.75, 3.05) is 11.1 Å². The average molecular weight is 205 g/mol. The molecule has 0 fully saturated rings. The number of nitrogens with zero attached hydrogens (tertiary/aromatic N) is 1. The molecular formula is C10H11N3S. The zero-order chi connectivity index (χ0) is 9.97. The summed E-state index contributed by atoms with van der Waals surface area (Å²) in [4.78, 5) is 4.22. The molecule has 2 rings (SSSR count). The largest absolute Gasteiger partial charge is 0.397 e. The van der Waals surface area contributed by atoms with Crippen molar-refractivity contribution in [3.05, 3.63) is 35.3 Å². The molecule has 0 bridgehead atoms. The van der Waals surface area contributed by atoms with Gasteiger partial charge in [-0.3, -0.25) is 0 Å². The number of nitrogens with one attached hydrogen (secondary N) is 1. The van der Waals surface area contributed by atoms with E-state index in [1.54, 1.807) is 17.5 Å². The molecule has 0 saturated carbocycles. The van der Waals surface area contributed by atoms with Crippen LogP contribution in [-0.4, -0.2) is 4.98 Å². The van der Waals surface area contributed by atoms with Crippen molar-refractivity contribution in [1.82, 2.24) is 4.98 Å². The summed E-state index contributed by atoms with van der Waals surface area (Å²) >= 11 is 1.65. The van der Waals surface area contributed by atoms with Gasteiger partial charge in [-0.25, -0.2) is 4.98 Å². The molecule has 2 heterocycles. The monoisotopic (exact) mass is 205 g/mol. The molecule has 0 radical (unpaired) electrons. The predicted octanol–water partition coefficient (Wildman–Crippen LogP) is 2.78. The normalized spacial score (nSPS) is 10.1. The Morgan fingerprint density at radius 2 is 2.36 bits per heavy atom. The van der Waals surface area contributed by atoms with Crippen molar-refractivity contribution in [3.63, 3.8) is 0 Å². The van der Waals surface area contributed by atoms with Crippen LogP contribution in [0.1, 0.15) is 5.56 Å². The second-order valence-corrected chi connectivity index (χ2v) is 3.98. The second-order valence-electron chi connectivity index (χ2n) is 3.04. The van der Waals surface area contributed by atoms with E-state index in [1.807, 2.05) is 30.5 Å². The highest BCUT2D eigenvalue weighted by atomic mass is 32.1. The van der Waals surface area contributed by atoms with Crippen LogP contribution < -0.4 is 11.1 Å². The van der Waals surface area contributed by atoms with Crippen LogP contribution in [0.2, 0.25) is 0 Å². The van der Waals surface area contributed by atoms with Gasteiger partial charge in [0.1, 0.15) is 5.82 Å². The molecule has 0 aliphatic rings. The lowest BCUT2D eigenvalue weighted by Crippen LogP contribution is -1.96. The first-order valence-corrected chi connectivity index (χ1v) is 5.16. The van der Waals surface area contributed by atoms with Crippen LogP contribution in [0.15, 0.2) is 29.8 Å². The summed E-state index contributed by atoms with van der Waals surface area (Å²) in [6.45, 7) is 1.99. The van der Waals surface area contributed by atoms with Crippen molar-refractivity contribution in [3.8, 4) is 0 Å². The molecule has 0 saturated heterocycles. The average Bonchev–Trinajstić information content (AvgIpc) is 2.62. The van der Waals surface area contributed by atoms with Crippen LogP contribution in [-0.2, 0) is 0 Å². The maximum Gasteiger partial charge on any atom is 0.133 e. The van der Waals surface area contributed by atoms with Gasteiger partial charge in [0.25, 0.3) is 0 Å². The van der Waals surface area contributed by atoms with Gasteiger partial charge >= 0.3 is 0 Å². The molecule has 14 heavy (non-hydrogen) atoms. The first-order valence-electron chi connectivity index (χ1n) is 4.28. The fraction of sp³-hybridized carbons (Fsp3) is 0.100. The minimum atomic E-state index is 0.694. The molecule has 0 atom stereocenters. The Bertz CT molecular complexity index is 423. The van der Waals surface area contributed by atoms with Gasteiger partial charge in [-0.1, -0.05) is 0 Å².